The molecular weight excluding hydrogens is 723 g/mol. The first kappa shape index (κ1) is 33.8. The van der Waals surface area contributed by atoms with Gasteiger partial charge in [0.15, 0.2) is 17.5 Å². The molecule has 10 aromatic rings. The molecule has 6 heteroatoms. The lowest BCUT2D eigenvalue weighted by atomic mass is 10.0. The quantitative estimate of drug-likeness (QED) is 0.152. The number of para-hydroxylation sites is 2. The first-order valence-electron chi connectivity index (χ1n) is 19.6. The van der Waals surface area contributed by atoms with E-state index in [9.17, 15) is 0 Å². The van der Waals surface area contributed by atoms with Gasteiger partial charge in [0, 0.05) is 22.3 Å². The van der Waals surface area contributed by atoms with Crippen LogP contribution in [0.25, 0.3) is 78.8 Å². The maximum atomic E-state index is 5.28. The SMILES string of the molecule is c1ccc(-c2cccc(-c3nc(-c4cccc(-c5ccccc5)c4)nc(-c4cccc([Si]5(c6ccccc6)c6ccccc6-c6nc7ccccc7n65)c4)n3)c2)cc1. The van der Waals surface area contributed by atoms with E-state index in [1.807, 2.05) is 12.1 Å². The molecule has 8 aromatic carbocycles. The van der Waals surface area contributed by atoms with Crippen molar-refractivity contribution in [2.45, 2.75) is 0 Å². The van der Waals surface area contributed by atoms with Gasteiger partial charge in [-0.2, -0.15) is 0 Å². The fourth-order valence-electron chi connectivity index (χ4n) is 8.66. The standard InChI is InChI=1S/C52H35N5Si/c1-4-17-36(18-5-1)38-21-14-23-40(33-38)49-54-50(41-24-15-22-39(34-41)37-19-6-2-7-20-37)56-51(55-49)42-25-16-28-44(35-42)58(43-26-8-3-9-27-43)48-32-13-10-29-45(48)52-53-46-30-11-12-31-47(46)57(52)58/h1-35H. The van der Waals surface area contributed by atoms with Crippen LogP contribution in [-0.4, -0.2) is 32.4 Å². The van der Waals surface area contributed by atoms with Gasteiger partial charge >= 0.3 is 0 Å². The Morgan fingerprint density at radius 2 is 0.776 bits per heavy atom. The fourth-order valence-corrected chi connectivity index (χ4v) is 13.7. The first-order valence-corrected chi connectivity index (χ1v) is 21.5. The van der Waals surface area contributed by atoms with Crippen LogP contribution in [0.15, 0.2) is 212 Å². The van der Waals surface area contributed by atoms with E-state index in [1.165, 1.54) is 21.1 Å². The van der Waals surface area contributed by atoms with Crippen molar-refractivity contribution in [2.24, 2.45) is 0 Å². The Morgan fingerprint density at radius 1 is 0.328 bits per heavy atom. The Hall–Kier alpha value is -7.54. The van der Waals surface area contributed by atoms with Gasteiger partial charge in [0.1, 0.15) is 5.82 Å². The van der Waals surface area contributed by atoms with Crippen molar-refractivity contribution in [3.8, 4) is 67.8 Å². The summed E-state index contributed by atoms with van der Waals surface area (Å²) >= 11 is 0. The third-order valence-corrected chi connectivity index (χ3v) is 15.9. The molecule has 0 amide bonds. The largest absolute Gasteiger partial charge is 0.339 e. The normalized spacial score (nSPS) is 14.3. The Kier molecular flexibility index (Phi) is 8.08. The van der Waals surface area contributed by atoms with Crippen LogP contribution in [0.5, 0.6) is 0 Å². The van der Waals surface area contributed by atoms with Crippen molar-refractivity contribution < 1.29 is 0 Å². The Bertz CT molecular complexity index is 3020. The van der Waals surface area contributed by atoms with Crippen LogP contribution in [0.1, 0.15) is 0 Å². The van der Waals surface area contributed by atoms with Crippen molar-refractivity contribution in [3.05, 3.63) is 212 Å². The molecule has 0 N–H and O–H groups in total. The summed E-state index contributed by atoms with van der Waals surface area (Å²) in [5, 5.41) is 3.83. The zero-order valence-electron chi connectivity index (χ0n) is 31.4. The second kappa shape index (κ2) is 13.9. The van der Waals surface area contributed by atoms with Gasteiger partial charge in [0.25, 0.3) is 8.24 Å². The molecule has 1 aliphatic heterocycles. The molecule has 3 heterocycles. The second-order valence-electron chi connectivity index (χ2n) is 14.7. The number of fused-ring (bicyclic) bond motifs is 5. The molecule has 2 aromatic heterocycles. The summed E-state index contributed by atoms with van der Waals surface area (Å²) in [7, 11) is -2.96. The molecule has 0 saturated heterocycles. The van der Waals surface area contributed by atoms with Crippen molar-refractivity contribution >= 4 is 34.8 Å². The van der Waals surface area contributed by atoms with Crippen LogP contribution in [0.4, 0.5) is 0 Å². The van der Waals surface area contributed by atoms with Gasteiger partial charge in [-0.05, 0) is 68.1 Å². The maximum absolute atomic E-state index is 5.28. The average Bonchev–Trinajstić information content (AvgIpc) is 3.84. The first-order chi connectivity index (χ1) is 28.7. The molecule has 1 aliphatic rings. The minimum Gasteiger partial charge on any atom is -0.339 e. The molecule has 0 bridgehead atoms. The van der Waals surface area contributed by atoms with E-state index in [4.69, 9.17) is 19.9 Å². The number of rotatable bonds is 7. The fraction of sp³-hybridized carbons (Fsp3) is 0. The van der Waals surface area contributed by atoms with Gasteiger partial charge in [-0.1, -0.05) is 182 Å². The van der Waals surface area contributed by atoms with Crippen LogP contribution in [0, 0.1) is 0 Å². The second-order valence-corrected chi connectivity index (χ2v) is 18.2. The van der Waals surface area contributed by atoms with E-state index >= 15 is 0 Å². The number of nitrogens with zero attached hydrogens (tertiary/aromatic N) is 5. The third kappa shape index (κ3) is 5.53. The smallest absolute Gasteiger partial charge is 0.259 e. The van der Waals surface area contributed by atoms with Gasteiger partial charge in [0.2, 0.25) is 0 Å². The van der Waals surface area contributed by atoms with Crippen LogP contribution in [0.3, 0.4) is 0 Å². The minimum absolute atomic E-state index is 0.622. The summed E-state index contributed by atoms with van der Waals surface area (Å²) in [6.45, 7) is 0. The lowest BCUT2D eigenvalue weighted by Gasteiger charge is -2.32. The van der Waals surface area contributed by atoms with Crippen molar-refractivity contribution in [1.82, 2.24) is 24.2 Å². The molecule has 11 rings (SSSR count). The summed E-state index contributed by atoms with van der Waals surface area (Å²) < 4.78 is 2.57. The molecule has 0 radical (unpaired) electrons. The van der Waals surface area contributed by atoms with Crippen LogP contribution < -0.4 is 15.6 Å². The summed E-state index contributed by atoms with van der Waals surface area (Å²) in [6, 6.07) is 75.1. The average molecular weight is 758 g/mol. The molecule has 0 aliphatic carbocycles. The summed E-state index contributed by atoms with van der Waals surface area (Å²) in [5.41, 5.74) is 10.6. The number of hydrogen-bond acceptors (Lipinski definition) is 4. The number of aromatic nitrogens is 5. The highest BCUT2D eigenvalue weighted by molar-refractivity contribution is 7.12. The third-order valence-electron chi connectivity index (χ3n) is 11.3. The molecule has 0 saturated carbocycles. The van der Waals surface area contributed by atoms with E-state index in [0.717, 1.165) is 55.8 Å². The van der Waals surface area contributed by atoms with Gasteiger partial charge < -0.3 is 4.23 Å². The van der Waals surface area contributed by atoms with Gasteiger partial charge in [-0.15, -0.1) is 0 Å². The molecule has 0 spiro atoms. The monoisotopic (exact) mass is 757 g/mol. The zero-order chi connectivity index (χ0) is 38.5. The molecule has 272 valence electrons. The number of hydrogen-bond donors (Lipinski definition) is 0. The predicted molar refractivity (Wildman–Crippen MR) is 239 cm³/mol. The van der Waals surface area contributed by atoms with E-state index < -0.39 is 8.24 Å². The highest BCUT2D eigenvalue weighted by atomic mass is 28.3. The molecule has 1 atom stereocenters. The lowest BCUT2D eigenvalue weighted by molar-refractivity contribution is 1.07. The van der Waals surface area contributed by atoms with E-state index in [-0.39, 0.29) is 0 Å². The van der Waals surface area contributed by atoms with Crippen molar-refractivity contribution in [3.63, 3.8) is 0 Å². The van der Waals surface area contributed by atoms with Gasteiger partial charge in [-0.25, -0.2) is 19.9 Å². The van der Waals surface area contributed by atoms with Crippen LogP contribution in [0.2, 0.25) is 0 Å². The topological polar surface area (TPSA) is 56.5 Å². The molecular formula is C52H35N5Si. The maximum Gasteiger partial charge on any atom is 0.259 e. The Morgan fingerprint density at radius 3 is 1.40 bits per heavy atom. The summed E-state index contributed by atoms with van der Waals surface area (Å²) in [4.78, 5) is 21.0. The van der Waals surface area contributed by atoms with Crippen molar-refractivity contribution in [2.75, 3.05) is 0 Å². The van der Waals surface area contributed by atoms with Gasteiger partial charge in [0.05, 0.1) is 11.0 Å². The number of imidazole rings is 1. The molecule has 1 unspecified atom stereocenters. The predicted octanol–water partition coefficient (Wildman–Crippen LogP) is 10.1. The number of benzene rings is 8. The highest BCUT2D eigenvalue weighted by Crippen LogP contribution is 2.36. The van der Waals surface area contributed by atoms with E-state index in [2.05, 4.69) is 204 Å². The molecule has 5 nitrogen and oxygen atoms in total. The van der Waals surface area contributed by atoms with E-state index in [1.54, 1.807) is 0 Å². The highest BCUT2D eigenvalue weighted by Gasteiger charge is 2.50. The van der Waals surface area contributed by atoms with Crippen molar-refractivity contribution in [1.29, 1.82) is 0 Å². The summed E-state index contributed by atoms with van der Waals surface area (Å²) in [5.74, 6) is 2.88. The summed E-state index contributed by atoms with van der Waals surface area (Å²) in [6.07, 6.45) is 0. The van der Waals surface area contributed by atoms with Crippen LogP contribution in [-0.2, 0) is 0 Å². The van der Waals surface area contributed by atoms with E-state index in [0.29, 0.717) is 17.5 Å². The van der Waals surface area contributed by atoms with Gasteiger partial charge in [-0.3, -0.25) is 0 Å². The molecule has 0 fully saturated rings. The minimum atomic E-state index is -2.96. The zero-order valence-corrected chi connectivity index (χ0v) is 32.4. The molecule has 58 heavy (non-hydrogen) atoms. The van der Waals surface area contributed by atoms with Crippen LogP contribution >= 0.6 is 0 Å². The Balaban J connectivity index is 1.14. The lowest BCUT2D eigenvalue weighted by Crippen LogP contribution is -2.70. The Labute approximate surface area is 337 Å².